The van der Waals surface area contributed by atoms with Crippen LogP contribution in [0.3, 0.4) is 0 Å². The molecule has 0 radical (unpaired) electrons. The summed E-state index contributed by atoms with van der Waals surface area (Å²) in [5, 5.41) is 1.16. The molecule has 1 aromatic rings. The van der Waals surface area contributed by atoms with Crippen LogP contribution >= 0.6 is 34.8 Å². The number of halogens is 3. The molecule has 0 N–H and O–H groups in total. The minimum absolute atomic E-state index is 0.0597. The highest BCUT2D eigenvalue weighted by Crippen LogP contribution is 2.30. The first-order valence-electron chi connectivity index (χ1n) is 3.99. The fraction of sp³-hybridized carbons (Fsp3) is 0.400. The van der Waals surface area contributed by atoms with Crippen LogP contribution < -0.4 is 0 Å². The molecule has 0 heterocycles. The van der Waals surface area contributed by atoms with Crippen molar-refractivity contribution in [1.82, 2.24) is 0 Å². The zero-order valence-electron chi connectivity index (χ0n) is 7.57. The SMILES string of the molecule is CC(C)(CCl)c1ccc(Cl)c(Cl)c1. The standard InChI is InChI=1S/C10H11Cl3/c1-10(2,6-11)7-3-4-8(12)9(13)5-7/h3-5H,6H2,1-2H3. The normalized spacial score (nSPS) is 11.8. The Hall–Kier alpha value is 0.0900. The van der Waals surface area contributed by atoms with E-state index in [-0.39, 0.29) is 5.41 Å². The smallest absolute Gasteiger partial charge is 0.0595 e. The van der Waals surface area contributed by atoms with Crippen molar-refractivity contribution in [3.63, 3.8) is 0 Å². The van der Waals surface area contributed by atoms with Crippen LogP contribution in [0.25, 0.3) is 0 Å². The Morgan fingerprint density at radius 2 is 1.77 bits per heavy atom. The Kier molecular flexibility index (Phi) is 3.50. The van der Waals surface area contributed by atoms with Crippen LogP contribution in [0, 0.1) is 0 Å². The maximum atomic E-state index is 5.90. The van der Waals surface area contributed by atoms with E-state index in [1.54, 1.807) is 6.07 Å². The Labute approximate surface area is 93.8 Å². The van der Waals surface area contributed by atoms with Gasteiger partial charge in [-0.15, -0.1) is 11.6 Å². The molecular formula is C10H11Cl3. The number of rotatable bonds is 2. The number of benzene rings is 1. The van der Waals surface area contributed by atoms with Crippen molar-refractivity contribution in [1.29, 1.82) is 0 Å². The Balaban J connectivity index is 3.10. The summed E-state index contributed by atoms with van der Waals surface area (Å²) in [4.78, 5) is 0. The molecule has 0 spiro atoms. The van der Waals surface area contributed by atoms with Crippen molar-refractivity contribution in [2.45, 2.75) is 19.3 Å². The second-order valence-electron chi connectivity index (χ2n) is 3.65. The topological polar surface area (TPSA) is 0 Å². The van der Waals surface area contributed by atoms with Gasteiger partial charge >= 0.3 is 0 Å². The van der Waals surface area contributed by atoms with Gasteiger partial charge in [0.05, 0.1) is 10.0 Å². The van der Waals surface area contributed by atoms with Crippen LogP contribution in [-0.4, -0.2) is 5.88 Å². The predicted octanol–water partition coefficient (Wildman–Crippen LogP) is 4.51. The van der Waals surface area contributed by atoms with Gasteiger partial charge in [0.25, 0.3) is 0 Å². The van der Waals surface area contributed by atoms with E-state index in [2.05, 4.69) is 13.8 Å². The van der Waals surface area contributed by atoms with Crippen molar-refractivity contribution in [3.05, 3.63) is 33.8 Å². The van der Waals surface area contributed by atoms with Gasteiger partial charge in [-0.1, -0.05) is 43.1 Å². The number of hydrogen-bond acceptors (Lipinski definition) is 0. The van der Waals surface area contributed by atoms with Crippen molar-refractivity contribution in [3.8, 4) is 0 Å². The maximum Gasteiger partial charge on any atom is 0.0595 e. The molecule has 0 unspecified atom stereocenters. The first-order chi connectivity index (χ1) is 5.97. The molecule has 0 atom stereocenters. The van der Waals surface area contributed by atoms with Crippen molar-refractivity contribution < 1.29 is 0 Å². The summed E-state index contributed by atoms with van der Waals surface area (Å²) in [7, 11) is 0. The van der Waals surface area contributed by atoms with Gasteiger partial charge in [-0.05, 0) is 17.7 Å². The van der Waals surface area contributed by atoms with E-state index < -0.39 is 0 Å². The molecule has 0 amide bonds. The fourth-order valence-corrected chi connectivity index (χ4v) is 1.45. The van der Waals surface area contributed by atoms with Crippen molar-refractivity contribution in [2.24, 2.45) is 0 Å². The molecule has 0 saturated heterocycles. The fourth-order valence-electron chi connectivity index (χ4n) is 0.994. The van der Waals surface area contributed by atoms with Crippen LogP contribution in [0.4, 0.5) is 0 Å². The van der Waals surface area contributed by atoms with Gasteiger partial charge in [-0.2, -0.15) is 0 Å². The monoisotopic (exact) mass is 236 g/mol. The third-order valence-corrected chi connectivity index (χ3v) is 3.44. The first-order valence-corrected chi connectivity index (χ1v) is 5.28. The molecule has 0 nitrogen and oxygen atoms in total. The van der Waals surface area contributed by atoms with Gasteiger partial charge in [0.2, 0.25) is 0 Å². The maximum absolute atomic E-state index is 5.90. The summed E-state index contributed by atoms with van der Waals surface area (Å²) in [5.41, 5.74) is 1.05. The molecular weight excluding hydrogens is 226 g/mol. The van der Waals surface area contributed by atoms with Gasteiger partial charge in [0.1, 0.15) is 0 Å². The zero-order valence-corrected chi connectivity index (χ0v) is 9.84. The Bertz CT molecular complexity index is 305. The lowest BCUT2D eigenvalue weighted by atomic mass is 9.87. The third-order valence-electron chi connectivity index (χ3n) is 2.04. The first kappa shape index (κ1) is 11.2. The molecule has 13 heavy (non-hydrogen) atoms. The number of alkyl halides is 1. The lowest BCUT2D eigenvalue weighted by Gasteiger charge is -2.22. The molecule has 0 aliphatic heterocycles. The van der Waals surface area contributed by atoms with Crippen LogP contribution in [0.1, 0.15) is 19.4 Å². The summed E-state index contributed by atoms with van der Waals surface area (Å²) in [6.45, 7) is 4.14. The van der Waals surface area contributed by atoms with E-state index >= 15 is 0 Å². The molecule has 0 aliphatic rings. The molecule has 1 rings (SSSR count). The molecule has 0 bridgehead atoms. The highest BCUT2D eigenvalue weighted by molar-refractivity contribution is 6.42. The average molecular weight is 238 g/mol. The number of hydrogen-bond donors (Lipinski definition) is 0. The van der Waals surface area contributed by atoms with Crippen LogP contribution in [-0.2, 0) is 5.41 Å². The van der Waals surface area contributed by atoms with E-state index in [4.69, 9.17) is 34.8 Å². The molecule has 3 heteroatoms. The second-order valence-corrected chi connectivity index (χ2v) is 4.73. The Morgan fingerprint density at radius 1 is 1.15 bits per heavy atom. The van der Waals surface area contributed by atoms with Gasteiger partial charge in [-0.25, -0.2) is 0 Å². The molecule has 0 saturated carbocycles. The van der Waals surface area contributed by atoms with E-state index in [0.717, 1.165) is 5.56 Å². The summed E-state index contributed by atoms with van der Waals surface area (Å²) in [6, 6.07) is 5.62. The van der Waals surface area contributed by atoms with Gasteiger partial charge in [0.15, 0.2) is 0 Å². The molecule has 0 aliphatic carbocycles. The summed E-state index contributed by atoms with van der Waals surface area (Å²) < 4.78 is 0. The van der Waals surface area contributed by atoms with E-state index in [1.807, 2.05) is 12.1 Å². The molecule has 0 fully saturated rings. The van der Waals surface area contributed by atoms with Gasteiger partial charge < -0.3 is 0 Å². The minimum atomic E-state index is -0.0597. The lowest BCUT2D eigenvalue weighted by molar-refractivity contribution is 0.598. The van der Waals surface area contributed by atoms with Crippen LogP contribution in [0.2, 0.25) is 10.0 Å². The second kappa shape index (κ2) is 4.08. The summed E-state index contributed by atoms with van der Waals surface area (Å²) in [6.07, 6.45) is 0. The molecule has 0 aromatic heterocycles. The molecule has 72 valence electrons. The summed E-state index contributed by atoms with van der Waals surface area (Å²) >= 11 is 17.6. The largest absolute Gasteiger partial charge is 0.126 e. The highest BCUT2D eigenvalue weighted by Gasteiger charge is 2.19. The van der Waals surface area contributed by atoms with Gasteiger partial charge in [0, 0.05) is 11.3 Å². The zero-order chi connectivity index (χ0) is 10.1. The van der Waals surface area contributed by atoms with Crippen molar-refractivity contribution in [2.75, 3.05) is 5.88 Å². The third kappa shape index (κ3) is 2.52. The lowest BCUT2D eigenvalue weighted by Crippen LogP contribution is -2.18. The van der Waals surface area contributed by atoms with Crippen LogP contribution in [0.15, 0.2) is 18.2 Å². The van der Waals surface area contributed by atoms with Crippen molar-refractivity contribution >= 4 is 34.8 Å². The predicted molar refractivity (Wildman–Crippen MR) is 60.2 cm³/mol. The molecule has 1 aromatic carbocycles. The van der Waals surface area contributed by atoms with E-state index in [0.29, 0.717) is 15.9 Å². The quantitative estimate of drug-likeness (QED) is 0.664. The van der Waals surface area contributed by atoms with E-state index in [9.17, 15) is 0 Å². The van der Waals surface area contributed by atoms with Gasteiger partial charge in [-0.3, -0.25) is 0 Å². The Morgan fingerprint density at radius 3 is 2.23 bits per heavy atom. The van der Waals surface area contributed by atoms with E-state index in [1.165, 1.54) is 0 Å². The summed E-state index contributed by atoms with van der Waals surface area (Å²) in [5.74, 6) is 0.560. The highest BCUT2D eigenvalue weighted by atomic mass is 35.5. The minimum Gasteiger partial charge on any atom is -0.126 e. The average Bonchev–Trinajstić information content (AvgIpc) is 2.09. The van der Waals surface area contributed by atoms with Crippen LogP contribution in [0.5, 0.6) is 0 Å².